The molecule has 2 unspecified atom stereocenters. The van der Waals surface area contributed by atoms with Crippen LogP contribution in [0.3, 0.4) is 0 Å². The summed E-state index contributed by atoms with van der Waals surface area (Å²) in [5.41, 5.74) is 0. The van der Waals surface area contributed by atoms with E-state index in [2.05, 4.69) is 5.32 Å². The Balaban J connectivity index is 3.13. The first-order chi connectivity index (χ1) is 7.13. The maximum Gasteiger partial charge on any atom is 0.334 e. The topological polar surface area (TPSA) is 86.6 Å². The van der Waals surface area contributed by atoms with Crippen molar-refractivity contribution in [3.05, 3.63) is 0 Å². The minimum Gasteiger partial charge on any atom is -0.480 e. The predicted octanol–water partition coefficient (Wildman–Crippen LogP) is 0.991. The van der Waals surface area contributed by atoms with E-state index in [0.29, 0.717) is 0 Å². The van der Waals surface area contributed by atoms with Gasteiger partial charge in [0, 0.05) is 4.75 Å². The summed E-state index contributed by atoms with van der Waals surface area (Å²) in [6.07, 6.45) is 0. The molecule has 0 bridgehead atoms. The number of carboxylic acid groups (broad SMARTS) is 2. The molecule has 5 nitrogen and oxygen atoms in total. The van der Waals surface area contributed by atoms with E-state index in [1.165, 1.54) is 11.8 Å². The fraction of sp³-hybridized carbons (Fsp3) is 0.800. The van der Waals surface area contributed by atoms with Crippen molar-refractivity contribution < 1.29 is 19.8 Å². The minimum atomic E-state index is -1.22. The Morgan fingerprint density at radius 3 is 2.00 bits per heavy atom. The van der Waals surface area contributed by atoms with Crippen LogP contribution in [0.2, 0.25) is 0 Å². The lowest BCUT2D eigenvalue weighted by molar-refractivity contribution is -0.144. The summed E-state index contributed by atoms with van der Waals surface area (Å²) in [6.45, 7) is 7.04. The summed E-state index contributed by atoms with van der Waals surface area (Å²) in [4.78, 5) is 21.2. The summed E-state index contributed by atoms with van der Waals surface area (Å²) in [5.74, 6) is -2.22. The number of nitrogens with one attached hydrogen (secondary N) is 1. The molecule has 1 aliphatic heterocycles. The van der Waals surface area contributed by atoms with Crippen LogP contribution in [0.4, 0.5) is 0 Å². The van der Waals surface area contributed by atoms with E-state index in [1.54, 1.807) is 27.7 Å². The molecule has 0 aromatic rings. The van der Waals surface area contributed by atoms with Crippen molar-refractivity contribution in [3.63, 3.8) is 0 Å². The smallest absolute Gasteiger partial charge is 0.334 e. The normalized spacial score (nSPS) is 32.9. The van der Waals surface area contributed by atoms with E-state index >= 15 is 0 Å². The van der Waals surface area contributed by atoms with Gasteiger partial charge in [0.15, 0.2) is 4.87 Å². The second kappa shape index (κ2) is 3.92. The van der Waals surface area contributed by atoms with Gasteiger partial charge in [-0.25, -0.2) is 4.79 Å². The third kappa shape index (κ3) is 1.91. The van der Waals surface area contributed by atoms with Crippen LogP contribution < -0.4 is 5.32 Å². The molecule has 1 saturated heterocycles. The van der Waals surface area contributed by atoms with Crippen LogP contribution in [0.1, 0.15) is 27.7 Å². The highest BCUT2D eigenvalue weighted by Gasteiger charge is 2.58. The van der Waals surface area contributed by atoms with Crippen molar-refractivity contribution in [2.45, 2.75) is 43.4 Å². The Morgan fingerprint density at radius 2 is 1.81 bits per heavy atom. The highest BCUT2D eigenvalue weighted by molar-refractivity contribution is 8.03. The third-order valence-corrected chi connectivity index (χ3v) is 4.70. The van der Waals surface area contributed by atoms with E-state index in [0.717, 1.165) is 0 Å². The lowest BCUT2D eigenvalue weighted by Gasteiger charge is -2.29. The lowest BCUT2D eigenvalue weighted by atomic mass is 9.99. The monoisotopic (exact) mass is 247 g/mol. The Labute approximate surface area is 98.6 Å². The molecule has 16 heavy (non-hydrogen) atoms. The van der Waals surface area contributed by atoms with Gasteiger partial charge in [0.25, 0.3) is 0 Å². The number of aliphatic carboxylic acids is 2. The van der Waals surface area contributed by atoms with Gasteiger partial charge in [-0.15, -0.1) is 11.8 Å². The first-order valence-corrected chi connectivity index (χ1v) is 5.89. The van der Waals surface area contributed by atoms with Gasteiger partial charge in [0.2, 0.25) is 0 Å². The zero-order chi connectivity index (χ0) is 12.7. The molecule has 3 N–H and O–H groups in total. The Bertz CT molecular complexity index is 329. The Hall–Kier alpha value is -0.750. The van der Waals surface area contributed by atoms with Crippen molar-refractivity contribution in [2.24, 2.45) is 5.92 Å². The Morgan fingerprint density at radius 1 is 1.31 bits per heavy atom. The maximum absolute atomic E-state index is 11.3. The van der Waals surface area contributed by atoms with Crippen molar-refractivity contribution >= 4 is 23.7 Å². The van der Waals surface area contributed by atoms with Gasteiger partial charge >= 0.3 is 11.9 Å². The molecule has 1 heterocycles. The van der Waals surface area contributed by atoms with E-state index in [1.807, 2.05) is 0 Å². The molecule has 0 spiro atoms. The molecule has 92 valence electrons. The number of thioether (sulfide) groups is 1. The van der Waals surface area contributed by atoms with Crippen LogP contribution in [-0.2, 0) is 9.59 Å². The van der Waals surface area contributed by atoms with Crippen LogP contribution in [0.25, 0.3) is 0 Å². The van der Waals surface area contributed by atoms with Crippen LogP contribution in [0.5, 0.6) is 0 Å². The van der Waals surface area contributed by atoms with Gasteiger partial charge in [-0.3, -0.25) is 10.1 Å². The first-order valence-electron chi connectivity index (χ1n) is 5.07. The Kier molecular flexibility index (Phi) is 3.27. The van der Waals surface area contributed by atoms with Gasteiger partial charge in [-0.05, 0) is 19.8 Å². The van der Waals surface area contributed by atoms with Crippen LogP contribution in [0, 0.1) is 5.92 Å². The highest BCUT2D eigenvalue weighted by atomic mass is 32.2. The molecule has 0 radical (unpaired) electrons. The number of carboxylic acids is 2. The van der Waals surface area contributed by atoms with Crippen molar-refractivity contribution in [3.8, 4) is 0 Å². The largest absolute Gasteiger partial charge is 0.480 e. The molecule has 1 aliphatic rings. The first kappa shape index (κ1) is 13.3. The molecule has 0 amide bonds. The van der Waals surface area contributed by atoms with Crippen LogP contribution in [0.15, 0.2) is 0 Å². The predicted molar refractivity (Wildman–Crippen MR) is 61.4 cm³/mol. The summed E-state index contributed by atoms with van der Waals surface area (Å²) >= 11 is 1.18. The molecule has 2 atom stereocenters. The number of carbonyl (C=O) groups is 2. The molecule has 1 rings (SSSR count). The summed E-state index contributed by atoms with van der Waals surface area (Å²) < 4.78 is -0.644. The quantitative estimate of drug-likeness (QED) is 0.689. The molecule has 0 aliphatic carbocycles. The second-order valence-corrected chi connectivity index (χ2v) is 6.72. The number of hydrogen-bond acceptors (Lipinski definition) is 4. The summed E-state index contributed by atoms with van der Waals surface area (Å²) in [5, 5.41) is 21.1. The van der Waals surface area contributed by atoms with E-state index in [4.69, 9.17) is 5.11 Å². The zero-order valence-electron chi connectivity index (χ0n) is 9.77. The van der Waals surface area contributed by atoms with E-state index < -0.39 is 27.6 Å². The van der Waals surface area contributed by atoms with Crippen molar-refractivity contribution in [2.75, 3.05) is 0 Å². The average molecular weight is 247 g/mol. The standard InChI is InChI=1S/C10H17NO4S/c1-5(2)10(8(14)15)11-6(7(12)13)9(3,4)16-10/h5-6,11H,1-4H3,(H,12,13)(H,14,15). The fourth-order valence-corrected chi connectivity index (χ4v) is 3.49. The second-order valence-electron chi connectivity index (χ2n) is 4.82. The number of rotatable bonds is 3. The van der Waals surface area contributed by atoms with Gasteiger partial charge < -0.3 is 10.2 Å². The summed E-state index contributed by atoms with van der Waals surface area (Å²) in [6, 6.07) is -0.851. The zero-order valence-corrected chi connectivity index (χ0v) is 10.6. The van der Waals surface area contributed by atoms with Crippen LogP contribution >= 0.6 is 11.8 Å². The van der Waals surface area contributed by atoms with E-state index in [9.17, 15) is 14.7 Å². The fourth-order valence-electron chi connectivity index (χ4n) is 1.89. The van der Waals surface area contributed by atoms with Gasteiger partial charge in [-0.2, -0.15) is 0 Å². The molecule has 0 aromatic heterocycles. The van der Waals surface area contributed by atoms with Gasteiger partial charge in [0.05, 0.1) is 0 Å². The third-order valence-electron chi connectivity index (χ3n) is 2.86. The highest BCUT2D eigenvalue weighted by Crippen LogP contribution is 2.48. The molecule has 6 heteroatoms. The van der Waals surface area contributed by atoms with Gasteiger partial charge in [-0.1, -0.05) is 13.8 Å². The molecule has 0 aromatic carbocycles. The molecular weight excluding hydrogens is 230 g/mol. The van der Waals surface area contributed by atoms with Gasteiger partial charge in [0.1, 0.15) is 6.04 Å². The van der Waals surface area contributed by atoms with Crippen molar-refractivity contribution in [1.29, 1.82) is 0 Å². The van der Waals surface area contributed by atoms with Crippen molar-refractivity contribution in [1.82, 2.24) is 5.32 Å². The average Bonchev–Trinajstić information content (AvgIpc) is 2.38. The van der Waals surface area contributed by atoms with Crippen LogP contribution in [-0.4, -0.2) is 37.8 Å². The molecule has 0 saturated carbocycles. The minimum absolute atomic E-state index is 0.196. The summed E-state index contributed by atoms with van der Waals surface area (Å²) in [7, 11) is 0. The van der Waals surface area contributed by atoms with E-state index in [-0.39, 0.29) is 5.92 Å². The maximum atomic E-state index is 11.3. The number of hydrogen-bond donors (Lipinski definition) is 3. The molecular formula is C10H17NO4S. The SMILES string of the molecule is CC(C)C1(C(=O)O)NC(C(=O)O)C(C)(C)S1. The molecule has 1 fully saturated rings. The lowest BCUT2D eigenvalue weighted by Crippen LogP contribution is -2.54.